The summed E-state index contributed by atoms with van der Waals surface area (Å²) in [5.41, 5.74) is 1.06. The first-order chi connectivity index (χ1) is 11.1. The SMILES string of the molecule is COC(=O)CCN(Cc1ccccn1)C(=O)c1ccc(F)cc1. The van der Waals surface area contributed by atoms with Crippen LogP contribution in [-0.4, -0.2) is 35.4 Å². The second-order valence-corrected chi connectivity index (χ2v) is 4.88. The number of nitrogens with zero attached hydrogens (tertiary/aromatic N) is 2. The van der Waals surface area contributed by atoms with E-state index in [-0.39, 0.29) is 25.4 Å². The molecule has 1 amide bonds. The maximum absolute atomic E-state index is 13.0. The highest BCUT2D eigenvalue weighted by atomic mass is 19.1. The molecule has 5 nitrogen and oxygen atoms in total. The lowest BCUT2D eigenvalue weighted by atomic mass is 10.2. The number of hydrogen-bond donors (Lipinski definition) is 0. The fourth-order valence-corrected chi connectivity index (χ4v) is 2.04. The van der Waals surface area contributed by atoms with E-state index in [1.54, 1.807) is 18.3 Å². The van der Waals surface area contributed by atoms with Crippen LogP contribution >= 0.6 is 0 Å². The van der Waals surface area contributed by atoms with E-state index in [1.165, 1.54) is 36.3 Å². The highest BCUT2D eigenvalue weighted by molar-refractivity contribution is 5.94. The molecule has 0 radical (unpaired) electrons. The van der Waals surface area contributed by atoms with Crippen LogP contribution in [0.2, 0.25) is 0 Å². The van der Waals surface area contributed by atoms with Crippen molar-refractivity contribution in [3.05, 3.63) is 65.7 Å². The van der Waals surface area contributed by atoms with Gasteiger partial charge in [0.2, 0.25) is 0 Å². The van der Waals surface area contributed by atoms with Crippen molar-refractivity contribution in [1.29, 1.82) is 0 Å². The number of aromatic nitrogens is 1. The van der Waals surface area contributed by atoms with Crippen LogP contribution in [0.5, 0.6) is 0 Å². The maximum Gasteiger partial charge on any atom is 0.307 e. The smallest absolute Gasteiger partial charge is 0.307 e. The predicted molar refractivity (Wildman–Crippen MR) is 82.0 cm³/mol. The molecule has 23 heavy (non-hydrogen) atoms. The number of pyridine rings is 1. The molecule has 120 valence electrons. The summed E-state index contributed by atoms with van der Waals surface area (Å²) in [5.74, 6) is -1.10. The summed E-state index contributed by atoms with van der Waals surface area (Å²) >= 11 is 0. The van der Waals surface area contributed by atoms with Gasteiger partial charge in [-0.05, 0) is 36.4 Å². The molecule has 0 spiro atoms. The molecule has 0 aliphatic heterocycles. The number of esters is 1. The van der Waals surface area contributed by atoms with Crippen molar-refractivity contribution in [2.75, 3.05) is 13.7 Å². The van der Waals surface area contributed by atoms with E-state index in [1.807, 2.05) is 6.07 Å². The van der Waals surface area contributed by atoms with E-state index >= 15 is 0 Å². The van der Waals surface area contributed by atoms with E-state index in [2.05, 4.69) is 9.72 Å². The Kier molecular flexibility index (Phi) is 5.80. The van der Waals surface area contributed by atoms with Gasteiger partial charge in [-0.1, -0.05) is 6.07 Å². The third kappa shape index (κ3) is 4.88. The largest absolute Gasteiger partial charge is 0.469 e. The molecule has 0 saturated heterocycles. The lowest BCUT2D eigenvalue weighted by Crippen LogP contribution is -2.33. The summed E-state index contributed by atoms with van der Waals surface area (Å²) in [5, 5.41) is 0. The van der Waals surface area contributed by atoms with Crippen LogP contribution in [0.25, 0.3) is 0 Å². The number of carbonyl (C=O) groups is 2. The highest BCUT2D eigenvalue weighted by Gasteiger charge is 2.18. The molecule has 0 fully saturated rings. The molecular formula is C17H17FN2O3. The molecule has 1 aromatic carbocycles. The number of methoxy groups -OCH3 is 1. The molecule has 0 aliphatic carbocycles. The van der Waals surface area contributed by atoms with Crippen LogP contribution in [0.3, 0.4) is 0 Å². The zero-order chi connectivity index (χ0) is 16.7. The Morgan fingerprint density at radius 2 is 1.91 bits per heavy atom. The van der Waals surface area contributed by atoms with Gasteiger partial charge in [0.25, 0.3) is 5.91 Å². The third-order valence-electron chi connectivity index (χ3n) is 3.27. The zero-order valence-electron chi connectivity index (χ0n) is 12.7. The number of rotatable bonds is 6. The quantitative estimate of drug-likeness (QED) is 0.768. The summed E-state index contributed by atoms with van der Waals surface area (Å²) in [6.07, 6.45) is 1.71. The molecule has 0 saturated carbocycles. The van der Waals surface area contributed by atoms with Crippen LogP contribution in [0.4, 0.5) is 4.39 Å². The monoisotopic (exact) mass is 316 g/mol. The van der Waals surface area contributed by atoms with E-state index in [9.17, 15) is 14.0 Å². The van der Waals surface area contributed by atoms with Gasteiger partial charge < -0.3 is 9.64 Å². The molecule has 0 aliphatic rings. The van der Waals surface area contributed by atoms with Gasteiger partial charge >= 0.3 is 5.97 Å². The first-order valence-corrected chi connectivity index (χ1v) is 7.11. The number of amides is 1. The first-order valence-electron chi connectivity index (χ1n) is 7.11. The highest BCUT2D eigenvalue weighted by Crippen LogP contribution is 2.11. The fraction of sp³-hybridized carbons (Fsp3) is 0.235. The number of hydrogen-bond acceptors (Lipinski definition) is 4. The summed E-state index contributed by atoms with van der Waals surface area (Å²) in [4.78, 5) is 29.6. The Balaban J connectivity index is 2.15. The Morgan fingerprint density at radius 3 is 2.52 bits per heavy atom. The summed E-state index contributed by atoms with van der Waals surface area (Å²) in [6.45, 7) is 0.452. The van der Waals surface area contributed by atoms with Crippen molar-refractivity contribution >= 4 is 11.9 Å². The number of carbonyl (C=O) groups excluding carboxylic acids is 2. The van der Waals surface area contributed by atoms with Crippen LogP contribution in [0.15, 0.2) is 48.7 Å². The number of ether oxygens (including phenoxy) is 1. The van der Waals surface area contributed by atoms with E-state index in [4.69, 9.17) is 0 Å². The second-order valence-electron chi connectivity index (χ2n) is 4.88. The van der Waals surface area contributed by atoms with Crippen LogP contribution in [0, 0.1) is 5.82 Å². The Bertz CT molecular complexity index is 659. The van der Waals surface area contributed by atoms with Gasteiger partial charge in [0.15, 0.2) is 0 Å². The molecular weight excluding hydrogens is 299 g/mol. The summed E-state index contributed by atoms with van der Waals surface area (Å²) < 4.78 is 17.6. The topological polar surface area (TPSA) is 59.5 Å². The van der Waals surface area contributed by atoms with Gasteiger partial charge in [-0.15, -0.1) is 0 Å². The number of benzene rings is 1. The van der Waals surface area contributed by atoms with E-state index in [0.29, 0.717) is 11.3 Å². The normalized spacial score (nSPS) is 10.2. The van der Waals surface area contributed by atoms with Gasteiger partial charge in [-0.2, -0.15) is 0 Å². The van der Waals surface area contributed by atoms with Crippen LogP contribution < -0.4 is 0 Å². The second kappa shape index (κ2) is 8.03. The Hall–Kier alpha value is -2.76. The van der Waals surface area contributed by atoms with Gasteiger partial charge in [0.1, 0.15) is 5.82 Å². The average Bonchev–Trinajstić information content (AvgIpc) is 2.59. The zero-order valence-corrected chi connectivity index (χ0v) is 12.7. The molecule has 1 aromatic heterocycles. The molecule has 0 N–H and O–H groups in total. The molecule has 2 rings (SSSR count). The van der Waals surface area contributed by atoms with Crippen molar-refractivity contribution in [1.82, 2.24) is 9.88 Å². The molecule has 0 bridgehead atoms. The van der Waals surface area contributed by atoms with E-state index in [0.717, 1.165) is 0 Å². The average molecular weight is 316 g/mol. The fourth-order valence-electron chi connectivity index (χ4n) is 2.04. The van der Waals surface area contributed by atoms with Crippen LogP contribution in [0.1, 0.15) is 22.5 Å². The van der Waals surface area contributed by atoms with Crippen molar-refractivity contribution in [3.8, 4) is 0 Å². The van der Waals surface area contributed by atoms with Crippen molar-refractivity contribution in [2.45, 2.75) is 13.0 Å². The minimum atomic E-state index is -0.410. The minimum absolute atomic E-state index is 0.0796. The summed E-state index contributed by atoms with van der Waals surface area (Å²) in [6, 6.07) is 10.7. The minimum Gasteiger partial charge on any atom is -0.469 e. The molecule has 2 aromatic rings. The molecule has 6 heteroatoms. The molecule has 1 heterocycles. The van der Waals surface area contributed by atoms with Gasteiger partial charge in [0.05, 0.1) is 25.8 Å². The maximum atomic E-state index is 13.0. The van der Waals surface area contributed by atoms with Crippen molar-refractivity contribution < 1.29 is 18.7 Å². The number of halogens is 1. The summed E-state index contributed by atoms with van der Waals surface area (Å²) in [7, 11) is 1.30. The predicted octanol–water partition coefficient (Wildman–Crippen LogP) is 2.43. The molecule has 0 atom stereocenters. The van der Waals surface area contributed by atoms with Crippen molar-refractivity contribution in [2.24, 2.45) is 0 Å². The third-order valence-corrected chi connectivity index (χ3v) is 3.27. The lowest BCUT2D eigenvalue weighted by molar-refractivity contribution is -0.140. The van der Waals surface area contributed by atoms with Gasteiger partial charge in [-0.25, -0.2) is 4.39 Å². The van der Waals surface area contributed by atoms with Crippen molar-refractivity contribution in [3.63, 3.8) is 0 Å². The standard InChI is InChI=1S/C17H17FN2O3/c1-23-16(21)9-11-20(12-15-4-2-3-10-19-15)17(22)13-5-7-14(18)8-6-13/h2-8,10H,9,11-12H2,1H3. The lowest BCUT2D eigenvalue weighted by Gasteiger charge is -2.22. The first kappa shape index (κ1) is 16.6. The molecule has 0 unspecified atom stereocenters. The van der Waals surface area contributed by atoms with Gasteiger partial charge in [-0.3, -0.25) is 14.6 Å². The van der Waals surface area contributed by atoms with E-state index < -0.39 is 11.8 Å². The Labute approximate surface area is 133 Å². The van der Waals surface area contributed by atoms with Crippen LogP contribution in [-0.2, 0) is 16.1 Å². The Morgan fingerprint density at radius 1 is 1.17 bits per heavy atom. The van der Waals surface area contributed by atoms with Gasteiger partial charge in [0, 0.05) is 18.3 Å².